The van der Waals surface area contributed by atoms with Crippen molar-refractivity contribution < 1.29 is 71.0 Å². The van der Waals surface area contributed by atoms with Gasteiger partial charge < -0.3 is 76.7 Å². The third kappa shape index (κ3) is 14.8. The lowest BCUT2D eigenvalue weighted by Crippen LogP contribution is -2.52. The molecular formula is C54H52N16O15S2. The number of primary amides is 1. The molecule has 31 nitrogen and oxygen atoms in total. The van der Waals surface area contributed by atoms with Gasteiger partial charge in [0, 0.05) is 18.1 Å². The number of ether oxygens (including phenoxy) is 1. The number of thiazole rings is 2. The van der Waals surface area contributed by atoms with Crippen molar-refractivity contribution >= 4 is 98.8 Å². The standard InChI is InChI=1S/C54H52N16O15S2/c1-12-14-31-51-69-37(27(10)85-51)48(81)70-52(82-11)54-56-17-34(87-54)45(78)63-29(13-2)50-68-36(26(9)84-50)47(80)60-23(6)42(75)61-24(7)49-65-32(18-83-49)38-28(53-66-33(19-86-53)44(77)67-35(25(8)71)46(79)64-31)15-16-30(62-38)43(76)59-22(5)41(74)58-21(4)40(73)57-20(3)39(55)72/h13-19,25,35,52,71H,3-7,12H2,1-2,8-11H3,(H2,55,72)(H,57,73)(H,58,74)(H,59,76)(H,60,80)(H,61,75)(H,63,78)(H,64,79)(H,67,77)(H,70,81)/b29-13-,31-14-. The Bertz CT molecular complexity index is 3990. The molecule has 7 rings (SSSR count). The molecule has 6 aromatic rings. The van der Waals surface area contributed by atoms with Gasteiger partial charge in [-0.2, -0.15) is 0 Å². The number of aryl methyl sites for hydroxylation is 2. The summed E-state index contributed by atoms with van der Waals surface area (Å²) in [6, 6.07) is 0.899. The van der Waals surface area contributed by atoms with Crippen molar-refractivity contribution in [3.05, 3.63) is 160 Å². The van der Waals surface area contributed by atoms with Crippen LogP contribution in [0.4, 0.5) is 0 Å². The predicted molar refractivity (Wildman–Crippen MR) is 307 cm³/mol. The Morgan fingerprint density at radius 1 is 0.759 bits per heavy atom. The number of hydrogen-bond donors (Lipinski definition) is 11. The van der Waals surface area contributed by atoms with Crippen LogP contribution < -0.4 is 53.6 Å². The van der Waals surface area contributed by atoms with E-state index < -0.39 is 100 Å². The Balaban J connectivity index is 1.22. The summed E-state index contributed by atoms with van der Waals surface area (Å²) in [5.41, 5.74) is 1.21. The maximum Gasteiger partial charge on any atom is 0.278 e. The monoisotopic (exact) mass is 1230 g/mol. The van der Waals surface area contributed by atoms with Crippen LogP contribution in [0.15, 0.2) is 111 Å². The van der Waals surface area contributed by atoms with Crippen molar-refractivity contribution in [1.82, 2.24) is 77.8 Å². The molecule has 0 aromatic carbocycles. The van der Waals surface area contributed by atoms with Crippen LogP contribution in [-0.2, 0) is 28.7 Å². The van der Waals surface area contributed by atoms with Crippen LogP contribution in [0.1, 0.15) is 119 Å². The van der Waals surface area contributed by atoms with Crippen molar-refractivity contribution in [3.8, 4) is 22.0 Å². The fourth-order valence-electron chi connectivity index (χ4n) is 7.32. The highest BCUT2D eigenvalue weighted by Gasteiger charge is 2.32. The molecule has 3 atom stereocenters. The van der Waals surface area contributed by atoms with Crippen LogP contribution in [-0.4, -0.2) is 113 Å². The summed E-state index contributed by atoms with van der Waals surface area (Å²) in [7, 11) is 1.28. The summed E-state index contributed by atoms with van der Waals surface area (Å²) in [5.74, 6) is -10.4. The quantitative estimate of drug-likeness (QED) is 0.0875. The molecule has 3 unspecified atom stereocenters. The molecule has 33 heteroatoms. The van der Waals surface area contributed by atoms with E-state index in [4.69, 9.17) is 23.7 Å². The number of nitrogens with one attached hydrogen (secondary N) is 9. The van der Waals surface area contributed by atoms with Gasteiger partial charge in [-0.25, -0.2) is 29.9 Å². The number of carbonyl (C=O) groups excluding carboxylic acids is 10. The van der Waals surface area contributed by atoms with Crippen LogP contribution in [0, 0.1) is 13.8 Å². The van der Waals surface area contributed by atoms with Crippen LogP contribution in [0.3, 0.4) is 0 Å². The summed E-state index contributed by atoms with van der Waals surface area (Å²) in [4.78, 5) is 159. The molecule has 10 amide bonds. The zero-order chi connectivity index (χ0) is 63.7. The van der Waals surface area contributed by atoms with Gasteiger partial charge in [0.1, 0.15) is 72.9 Å². The van der Waals surface area contributed by atoms with E-state index in [9.17, 15) is 53.1 Å². The van der Waals surface area contributed by atoms with Gasteiger partial charge in [0.25, 0.3) is 53.2 Å². The molecule has 12 N–H and O–H groups in total. The topological polar surface area (TPSA) is 451 Å². The number of nitrogens with zero attached hydrogens (tertiary/aromatic N) is 6. The Morgan fingerprint density at radius 3 is 2.02 bits per heavy atom. The van der Waals surface area contributed by atoms with Gasteiger partial charge in [-0.15, -0.1) is 22.7 Å². The van der Waals surface area contributed by atoms with E-state index in [0.717, 1.165) is 28.9 Å². The van der Waals surface area contributed by atoms with Gasteiger partial charge in [0.15, 0.2) is 17.6 Å². The van der Waals surface area contributed by atoms with Crippen molar-refractivity contribution in [2.75, 3.05) is 7.11 Å². The zero-order valence-corrected chi connectivity index (χ0v) is 48.4. The molecular weight excluding hydrogens is 1180 g/mol. The second-order valence-electron chi connectivity index (χ2n) is 18.1. The molecule has 0 saturated carbocycles. The first-order chi connectivity index (χ1) is 41.2. The van der Waals surface area contributed by atoms with E-state index in [1.807, 2.05) is 5.32 Å². The van der Waals surface area contributed by atoms with E-state index >= 15 is 0 Å². The highest BCUT2D eigenvalue weighted by molar-refractivity contribution is 7.14. The second kappa shape index (κ2) is 27.0. The number of allylic oxidation sites excluding steroid dienone is 2. The SMILES string of the molecule is C=C(NC(=O)C(=C)NC(=O)C(=C)NC(=O)c1ccc2c(n1)-c1coc(n1)C(=C)NC(=O)C(=C)NC(=O)c1nc(oc1C)/C(=C/C)NC(=O)c1cnc(s1)C(OC)NC(=O)c1nc(oc1C)/C(=C/CC)NC(=O)C(C(C)O)NC(=O)c1csc-2n1)C(N)=O. The average Bonchev–Trinajstić information content (AvgIpc) is 2.86. The maximum atomic E-state index is 14.0. The molecule has 0 saturated heterocycles. The first kappa shape index (κ1) is 63.4. The summed E-state index contributed by atoms with van der Waals surface area (Å²) >= 11 is 1.75. The number of fused-ring (bicyclic) bond motifs is 13. The van der Waals surface area contributed by atoms with E-state index in [2.05, 4.69) is 105 Å². The van der Waals surface area contributed by atoms with Gasteiger partial charge in [-0.1, -0.05) is 52.0 Å². The van der Waals surface area contributed by atoms with Crippen LogP contribution in [0.2, 0.25) is 0 Å². The molecule has 0 aliphatic carbocycles. The molecule has 0 fully saturated rings. The van der Waals surface area contributed by atoms with Crippen molar-refractivity contribution in [3.63, 3.8) is 0 Å². The number of rotatable bonds is 10. The molecule has 1 aliphatic heterocycles. The molecule has 450 valence electrons. The number of carbonyl (C=O) groups is 10. The van der Waals surface area contributed by atoms with Crippen LogP contribution >= 0.6 is 22.7 Å². The average molecular weight is 1230 g/mol. The first-order valence-electron chi connectivity index (χ1n) is 25.2. The van der Waals surface area contributed by atoms with E-state index in [0.29, 0.717) is 6.42 Å². The zero-order valence-electron chi connectivity index (χ0n) is 46.8. The smallest absolute Gasteiger partial charge is 0.278 e. The van der Waals surface area contributed by atoms with Crippen LogP contribution in [0.5, 0.6) is 0 Å². The lowest BCUT2D eigenvalue weighted by atomic mass is 10.1. The van der Waals surface area contributed by atoms with Crippen molar-refractivity contribution in [1.29, 1.82) is 0 Å². The summed E-state index contributed by atoms with van der Waals surface area (Å²) in [6.45, 7) is 25.1. The van der Waals surface area contributed by atoms with Gasteiger partial charge in [0.2, 0.25) is 23.6 Å². The molecule has 87 heavy (non-hydrogen) atoms. The van der Waals surface area contributed by atoms with E-state index in [1.165, 1.54) is 63.7 Å². The lowest BCUT2D eigenvalue weighted by Gasteiger charge is -2.20. The second-order valence-corrected chi connectivity index (χ2v) is 20.0. The van der Waals surface area contributed by atoms with E-state index in [-0.39, 0.29) is 101 Å². The molecule has 0 radical (unpaired) electrons. The number of aliphatic hydroxyl groups excluding tert-OH is 1. The largest absolute Gasteiger partial charge is 0.443 e. The number of aromatic nitrogens is 6. The Hall–Kier alpha value is -11.2. The summed E-state index contributed by atoms with van der Waals surface area (Å²) in [5, 5.41) is 33.8. The fraction of sp³-hybridized carbons (Fsp3) is 0.185. The van der Waals surface area contributed by atoms with Gasteiger partial charge in [-0.05, 0) is 46.2 Å². The Morgan fingerprint density at radius 2 is 1.39 bits per heavy atom. The summed E-state index contributed by atoms with van der Waals surface area (Å²) in [6.07, 6.45) is 2.78. The molecule has 0 spiro atoms. The Labute approximate surface area is 499 Å². The molecule has 6 aromatic heterocycles. The van der Waals surface area contributed by atoms with E-state index in [1.54, 1.807) is 13.8 Å². The lowest BCUT2D eigenvalue weighted by molar-refractivity contribution is -0.124. The predicted octanol–water partition coefficient (Wildman–Crippen LogP) is 2.15. The van der Waals surface area contributed by atoms with Crippen molar-refractivity contribution in [2.45, 2.75) is 59.4 Å². The normalized spacial score (nSPS) is 16.7. The number of pyridine rings is 1. The highest BCUT2D eigenvalue weighted by Crippen LogP contribution is 2.34. The third-order valence-corrected chi connectivity index (χ3v) is 13.7. The number of nitrogens with two attached hydrogens (primary N) is 1. The number of aliphatic hydroxyl groups is 1. The number of hydrogen-bond acceptors (Lipinski definition) is 23. The minimum Gasteiger partial charge on any atom is -0.443 e. The Kier molecular flexibility index (Phi) is 19.7. The minimum atomic E-state index is -1.65. The maximum absolute atomic E-state index is 14.0. The molecule has 7 heterocycles. The fourth-order valence-corrected chi connectivity index (χ4v) is 8.99. The third-order valence-electron chi connectivity index (χ3n) is 11.8. The first-order valence-corrected chi connectivity index (χ1v) is 26.9. The van der Waals surface area contributed by atoms with Crippen LogP contribution in [0.25, 0.3) is 39.1 Å². The number of methoxy groups -OCH3 is 1. The summed E-state index contributed by atoms with van der Waals surface area (Å²) < 4.78 is 22.8. The van der Waals surface area contributed by atoms with Gasteiger partial charge >= 0.3 is 0 Å². The van der Waals surface area contributed by atoms with Gasteiger partial charge in [-0.3, -0.25) is 47.9 Å². The highest BCUT2D eigenvalue weighted by atomic mass is 32.1. The molecule has 10 bridgehead atoms. The minimum absolute atomic E-state index is 0.00747. The number of oxazole rings is 3. The molecule has 1 aliphatic rings. The number of amides is 10. The van der Waals surface area contributed by atoms with Crippen molar-refractivity contribution in [2.24, 2.45) is 5.73 Å². The van der Waals surface area contributed by atoms with Gasteiger partial charge in [0.05, 0.1) is 40.8 Å².